The van der Waals surface area contributed by atoms with Gasteiger partial charge in [0.25, 0.3) is 0 Å². The van der Waals surface area contributed by atoms with Gasteiger partial charge in [-0.15, -0.1) is 0 Å². The Hall–Kier alpha value is -1.36. The number of nitrogens with two attached hydrogens (primary N) is 2. The quantitative estimate of drug-likeness (QED) is 0.387. The Balaban J connectivity index is 2.69. The van der Waals surface area contributed by atoms with Gasteiger partial charge in [-0.25, -0.2) is 0 Å². The van der Waals surface area contributed by atoms with Gasteiger partial charge >= 0.3 is 0 Å². The van der Waals surface area contributed by atoms with Gasteiger partial charge < -0.3 is 16.6 Å². The molecule has 0 amide bonds. The SMILES string of the molecule is C=C1NN(CCO)C(N)=C1N. The minimum Gasteiger partial charge on any atom is -0.394 e. The molecule has 6 N–H and O–H groups in total. The average Bonchev–Trinajstić information content (AvgIpc) is 2.19. The van der Waals surface area contributed by atoms with E-state index in [4.69, 9.17) is 16.6 Å². The molecule has 0 spiro atoms. The first kappa shape index (κ1) is 7.74. The molecule has 0 aromatic carbocycles. The van der Waals surface area contributed by atoms with Crippen LogP contribution in [0.15, 0.2) is 23.8 Å². The van der Waals surface area contributed by atoms with E-state index in [0.29, 0.717) is 23.8 Å². The van der Waals surface area contributed by atoms with Crippen LogP contribution in [-0.2, 0) is 0 Å². The highest BCUT2D eigenvalue weighted by atomic mass is 16.3. The predicted molar refractivity (Wildman–Crippen MR) is 41.5 cm³/mol. The summed E-state index contributed by atoms with van der Waals surface area (Å²) in [6, 6.07) is 0. The Morgan fingerprint density at radius 3 is 2.55 bits per heavy atom. The Morgan fingerprint density at radius 1 is 1.55 bits per heavy atom. The first-order valence-electron chi connectivity index (χ1n) is 3.26. The molecule has 0 aromatic rings. The summed E-state index contributed by atoms with van der Waals surface area (Å²) >= 11 is 0. The van der Waals surface area contributed by atoms with Crippen LogP contribution < -0.4 is 16.9 Å². The van der Waals surface area contributed by atoms with E-state index in [1.54, 1.807) is 5.01 Å². The molecule has 0 saturated heterocycles. The third-order valence-electron chi connectivity index (χ3n) is 1.49. The van der Waals surface area contributed by atoms with Crippen LogP contribution in [-0.4, -0.2) is 23.3 Å². The van der Waals surface area contributed by atoms with Crippen LogP contribution in [0.25, 0.3) is 0 Å². The topological polar surface area (TPSA) is 87.5 Å². The van der Waals surface area contributed by atoms with Crippen molar-refractivity contribution in [2.24, 2.45) is 11.5 Å². The van der Waals surface area contributed by atoms with Crippen LogP contribution in [0.4, 0.5) is 0 Å². The highest BCUT2D eigenvalue weighted by molar-refractivity contribution is 5.31. The summed E-state index contributed by atoms with van der Waals surface area (Å²) in [5.74, 6) is 0.420. The fraction of sp³-hybridized carbons (Fsp3) is 0.333. The number of hydrogen-bond acceptors (Lipinski definition) is 5. The van der Waals surface area contributed by atoms with Crippen LogP contribution in [0, 0.1) is 0 Å². The molecule has 1 rings (SSSR count). The molecular formula is C6H12N4O. The normalized spacial score (nSPS) is 17.5. The van der Waals surface area contributed by atoms with Crippen LogP contribution in [0.2, 0.25) is 0 Å². The Morgan fingerprint density at radius 2 is 2.18 bits per heavy atom. The standard InChI is InChI=1S/C6H12N4O/c1-4-5(7)6(8)10(9-4)2-3-11/h9,11H,1-3,7-8H2. The fourth-order valence-electron chi connectivity index (χ4n) is 0.860. The van der Waals surface area contributed by atoms with Crippen molar-refractivity contribution >= 4 is 0 Å². The first-order chi connectivity index (χ1) is 5.16. The second-order valence-corrected chi connectivity index (χ2v) is 2.26. The maximum Gasteiger partial charge on any atom is 0.143 e. The van der Waals surface area contributed by atoms with Crippen molar-refractivity contribution in [1.82, 2.24) is 10.4 Å². The lowest BCUT2D eigenvalue weighted by Crippen LogP contribution is -2.35. The molecule has 5 nitrogen and oxygen atoms in total. The molecule has 1 aliphatic rings. The smallest absolute Gasteiger partial charge is 0.143 e. The monoisotopic (exact) mass is 156 g/mol. The molecule has 0 radical (unpaired) electrons. The van der Waals surface area contributed by atoms with Crippen molar-refractivity contribution in [3.05, 3.63) is 23.8 Å². The van der Waals surface area contributed by atoms with E-state index in [9.17, 15) is 0 Å². The van der Waals surface area contributed by atoms with E-state index in [0.717, 1.165) is 0 Å². The second kappa shape index (κ2) is 2.71. The maximum atomic E-state index is 8.59. The van der Waals surface area contributed by atoms with Gasteiger partial charge in [0.1, 0.15) is 5.82 Å². The van der Waals surface area contributed by atoms with Gasteiger partial charge in [0.2, 0.25) is 0 Å². The molecule has 0 fully saturated rings. The van der Waals surface area contributed by atoms with Gasteiger partial charge in [-0.05, 0) is 0 Å². The van der Waals surface area contributed by atoms with Crippen molar-refractivity contribution in [3.63, 3.8) is 0 Å². The lowest BCUT2D eigenvalue weighted by atomic mass is 10.4. The van der Waals surface area contributed by atoms with Gasteiger partial charge in [-0.1, -0.05) is 6.58 Å². The van der Waals surface area contributed by atoms with Crippen LogP contribution in [0.5, 0.6) is 0 Å². The number of nitrogens with zero attached hydrogens (tertiary/aromatic N) is 1. The summed E-state index contributed by atoms with van der Waals surface area (Å²) in [5, 5.41) is 10.1. The summed E-state index contributed by atoms with van der Waals surface area (Å²) in [6.07, 6.45) is 0. The highest BCUT2D eigenvalue weighted by Gasteiger charge is 2.19. The minimum atomic E-state index is 0.0221. The largest absolute Gasteiger partial charge is 0.394 e. The zero-order chi connectivity index (χ0) is 8.43. The van der Waals surface area contributed by atoms with Gasteiger partial charge in [-0.2, -0.15) is 0 Å². The molecule has 62 valence electrons. The van der Waals surface area contributed by atoms with E-state index in [2.05, 4.69) is 12.0 Å². The first-order valence-corrected chi connectivity index (χ1v) is 3.26. The molecule has 1 heterocycles. The molecule has 0 aliphatic carbocycles. The van der Waals surface area contributed by atoms with Crippen molar-refractivity contribution in [3.8, 4) is 0 Å². The predicted octanol–water partition coefficient (Wildman–Crippen LogP) is -1.60. The molecule has 11 heavy (non-hydrogen) atoms. The van der Waals surface area contributed by atoms with Gasteiger partial charge in [0, 0.05) is 0 Å². The van der Waals surface area contributed by atoms with Gasteiger partial charge in [0.05, 0.1) is 24.5 Å². The zero-order valence-electron chi connectivity index (χ0n) is 6.17. The summed E-state index contributed by atoms with van der Waals surface area (Å²) in [4.78, 5) is 0. The summed E-state index contributed by atoms with van der Waals surface area (Å²) in [6.45, 7) is 4.05. The maximum absolute atomic E-state index is 8.59. The van der Waals surface area contributed by atoms with E-state index in [1.807, 2.05) is 0 Å². The van der Waals surface area contributed by atoms with Crippen molar-refractivity contribution in [2.75, 3.05) is 13.2 Å². The Labute approximate surface area is 64.9 Å². The third-order valence-corrected chi connectivity index (χ3v) is 1.49. The number of hydrogen-bond donors (Lipinski definition) is 4. The van der Waals surface area contributed by atoms with Crippen LogP contribution in [0.3, 0.4) is 0 Å². The molecule has 5 heteroatoms. The van der Waals surface area contributed by atoms with Crippen molar-refractivity contribution in [1.29, 1.82) is 0 Å². The molecule has 1 aliphatic heterocycles. The molecule has 0 atom stereocenters. The number of rotatable bonds is 2. The Kier molecular flexibility index (Phi) is 1.91. The van der Waals surface area contributed by atoms with Crippen molar-refractivity contribution in [2.45, 2.75) is 0 Å². The zero-order valence-corrected chi connectivity index (χ0v) is 6.17. The summed E-state index contributed by atoms with van der Waals surface area (Å²) in [5.41, 5.74) is 14.9. The van der Waals surface area contributed by atoms with E-state index >= 15 is 0 Å². The number of β-amino-alcohol motifs (C(OH)–C–C–N with tert-alkyl or cyclic N) is 1. The van der Waals surface area contributed by atoms with Gasteiger partial charge in [0.15, 0.2) is 0 Å². The van der Waals surface area contributed by atoms with Crippen molar-refractivity contribution < 1.29 is 5.11 Å². The van der Waals surface area contributed by atoms with Crippen LogP contribution >= 0.6 is 0 Å². The number of nitrogens with one attached hydrogen (secondary N) is 1. The molecule has 0 aromatic heterocycles. The lowest BCUT2D eigenvalue weighted by Gasteiger charge is -2.17. The number of aliphatic hydroxyl groups excluding tert-OH is 1. The number of hydrazine groups is 1. The van der Waals surface area contributed by atoms with E-state index in [-0.39, 0.29) is 6.61 Å². The summed E-state index contributed by atoms with van der Waals surface area (Å²) < 4.78 is 0. The number of aliphatic hydroxyl groups is 1. The summed E-state index contributed by atoms with van der Waals surface area (Å²) in [7, 11) is 0. The highest BCUT2D eigenvalue weighted by Crippen LogP contribution is 2.12. The third kappa shape index (κ3) is 1.22. The van der Waals surface area contributed by atoms with E-state index < -0.39 is 0 Å². The lowest BCUT2D eigenvalue weighted by molar-refractivity contribution is 0.204. The van der Waals surface area contributed by atoms with Gasteiger partial charge in [-0.3, -0.25) is 10.4 Å². The van der Waals surface area contributed by atoms with Crippen LogP contribution in [0.1, 0.15) is 0 Å². The molecular weight excluding hydrogens is 144 g/mol. The molecule has 0 saturated carbocycles. The fourth-order valence-corrected chi connectivity index (χ4v) is 0.860. The average molecular weight is 156 g/mol. The molecule has 0 bridgehead atoms. The second-order valence-electron chi connectivity index (χ2n) is 2.26. The minimum absolute atomic E-state index is 0.0221. The molecule has 0 unspecified atom stereocenters. The van der Waals surface area contributed by atoms with E-state index in [1.165, 1.54) is 0 Å². The Bertz CT molecular complexity index is 211.